The molecule has 2 atom stereocenters. The fourth-order valence-electron chi connectivity index (χ4n) is 4.90. The second-order valence-electron chi connectivity index (χ2n) is 8.21. The first-order valence-electron chi connectivity index (χ1n) is 11.1. The molecule has 2 aliphatic heterocycles. The van der Waals surface area contributed by atoms with Crippen LogP contribution in [0.25, 0.3) is 10.8 Å². The molecule has 2 aromatic rings. The zero-order valence-electron chi connectivity index (χ0n) is 18.2. The smallest absolute Gasteiger partial charge is 0.365 e. The molecule has 0 radical (unpaired) electrons. The number of rotatable bonds is 9. The Morgan fingerprint density at radius 2 is 1.52 bits per heavy atom. The lowest BCUT2D eigenvalue weighted by atomic mass is 9.96. The van der Waals surface area contributed by atoms with Gasteiger partial charge in [-0.2, -0.15) is 15.8 Å². The van der Waals surface area contributed by atoms with Gasteiger partial charge in [0.15, 0.2) is 0 Å². The summed E-state index contributed by atoms with van der Waals surface area (Å²) in [6, 6.07) is 18.4. The summed E-state index contributed by atoms with van der Waals surface area (Å²) in [7, 11) is -3.87. The highest BCUT2D eigenvalue weighted by Crippen LogP contribution is 2.54. The van der Waals surface area contributed by atoms with Crippen LogP contribution >= 0.6 is 7.82 Å². The highest BCUT2D eigenvalue weighted by Gasteiger charge is 2.44. The molecule has 2 fully saturated rings. The molecule has 0 N–H and O–H groups in total. The average Bonchev–Trinajstić information content (AvgIpc) is 3.08. The monoisotopic (exact) mass is 464 g/mol. The number of piperidine rings is 1. The number of nitriles is 3. The maximum atomic E-state index is 13.1. The highest BCUT2D eigenvalue weighted by molar-refractivity contribution is 7.48. The maximum absolute atomic E-state index is 13.1. The molecule has 2 aliphatic rings. The fourth-order valence-corrected chi connectivity index (χ4v) is 6.26. The van der Waals surface area contributed by atoms with Crippen molar-refractivity contribution in [2.45, 2.75) is 56.7 Å². The van der Waals surface area contributed by atoms with Crippen molar-refractivity contribution in [2.75, 3.05) is 18.1 Å². The Hall–Kier alpha value is -2.92. The van der Waals surface area contributed by atoms with E-state index in [1.165, 1.54) is 0 Å². The molecule has 33 heavy (non-hydrogen) atoms. The van der Waals surface area contributed by atoms with Crippen LogP contribution in [-0.2, 0) is 18.1 Å². The summed E-state index contributed by atoms with van der Waals surface area (Å²) >= 11 is 0. The third-order valence-electron chi connectivity index (χ3n) is 6.19. The Bertz CT molecular complexity index is 1140. The van der Waals surface area contributed by atoms with Gasteiger partial charge >= 0.3 is 7.82 Å². The van der Waals surface area contributed by atoms with Gasteiger partial charge in [-0.15, -0.1) is 0 Å². The molecule has 0 spiro atoms. The molecule has 0 aromatic heterocycles. The first-order valence-corrected chi connectivity index (χ1v) is 12.6. The molecule has 2 unspecified atom stereocenters. The van der Waals surface area contributed by atoms with E-state index in [2.05, 4.69) is 11.0 Å². The second kappa shape index (κ2) is 10.3. The van der Waals surface area contributed by atoms with Crippen LogP contribution in [0.3, 0.4) is 0 Å². The highest BCUT2D eigenvalue weighted by atomic mass is 31.2. The topological polar surface area (TPSA) is 119 Å². The normalized spacial score (nSPS) is 22.0. The molecular weight excluding hydrogens is 439 g/mol. The van der Waals surface area contributed by atoms with Crippen LogP contribution in [0.4, 0.5) is 5.69 Å². The predicted octanol–water partition coefficient (Wildman–Crippen LogP) is 5.20. The van der Waals surface area contributed by atoms with Crippen LogP contribution in [0.1, 0.15) is 44.1 Å². The van der Waals surface area contributed by atoms with Crippen LogP contribution in [-0.4, -0.2) is 31.4 Å². The first-order chi connectivity index (χ1) is 16.1. The van der Waals surface area contributed by atoms with E-state index in [1.54, 1.807) is 0 Å². The van der Waals surface area contributed by atoms with Crippen molar-refractivity contribution in [3.8, 4) is 18.2 Å². The zero-order chi connectivity index (χ0) is 23.3. The minimum Gasteiger partial charge on any atom is -0.365 e. The summed E-state index contributed by atoms with van der Waals surface area (Å²) in [6.45, 7) is -0.105. The van der Waals surface area contributed by atoms with E-state index >= 15 is 0 Å². The third-order valence-corrected chi connectivity index (χ3v) is 7.75. The van der Waals surface area contributed by atoms with Gasteiger partial charge in [-0.25, -0.2) is 4.57 Å². The number of phosphoric ester groups is 1. The van der Waals surface area contributed by atoms with Gasteiger partial charge in [0.2, 0.25) is 0 Å². The Kier molecular flexibility index (Phi) is 7.29. The van der Waals surface area contributed by atoms with Crippen LogP contribution in [0.5, 0.6) is 0 Å². The molecule has 4 rings (SSSR count). The van der Waals surface area contributed by atoms with Gasteiger partial charge < -0.3 is 4.90 Å². The van der Waals surface area contributed by atoms with Gasteiger partial charge in [-0.1, -0.05) is 24.3 Å². The molecule has 170 valence electrons. The first kappa shape index (κ1) is 23.2. The quantitative estimate of drug-likeness (QED) is 0.367. The van der Waals surface area contributed by atoms with Gasteiger partial charge in [0, 0.05) is 28.5 Å². The Morgan fingerprint density at radius 3 is 2.09 bits per heavy atom. The van der Waals surface area contributed by atoms with Gasteiger partial charge in [0.05, 0.1) is 55.9 Å². The van der Waals surface area contributed by atoms with Crippen molar-refractivity contribution in [1.29, 1.82) is 15.8 Å². The second-order valence-corrected chi connectivity index (χ2v) is 9.83. The lowest BCUT2D eigenvalue weighted by Gasteiger charge is -2.41. The van der Waals surface area contributed by atoms with Crippen molar-refractivity contribution < 1.29 is 18.1 Å². The van der Waals surface area contributed by atoms with E-state index in [-0.39, 0.29) is 44.2 Å². The number of benzene rings is 2. The molecule has 8 nitrogen and oxygen atoms in total. The SMILES string of the molecule is N#CCCOP(=O)(OCCC#N)OC1CC2CCC(C1)N2c1ccc(C#N)c2ccccc12. The van der Waals surface area contributed by atoms with Gasteiger partial charge in [0.25, 0.3) is 0 Å². The molecule has 0 aliphatic carbocycles. The minimum atomic E-state index is -3.87. The number of anilines is 1. The van der Waals surface area contributed by atoms with Crippen LogP contribution in [0.2, 0.25) is 0 Å². The summed E-state index contributed by atoms with van der Waals surface area (Å²) in [5.41, 5.74) is 1.76. The lowest BCUT2D eigenvalue weighted by Crippen LogP contribution is -2.45. The fraction of sp³-hybridized carbons (Fsp3) is 0.458. The number of nitrogens with zero attached hydrogens (tertiary/aromatic N) is 4. The summed E-state index contributed by atoms with van der Waals surface area (Å²) < 4.78 is 29.7. The summed E-state index contributed by atoms with van der Waals surface area (Å²) in [4.78, 5) is 2.42. The van der Waals surface area contributed by atoms with E-state index < -0.39 is 7.82 Å². The molecule has 0 saturated carbocycles. The summed E-state index contributed by atoms with van der Waals surface area (Å²) in [5.74, 6) is 0. The van der Waals surface area contributed by atoms with E-state index in [1.807, 2.05) is 48.5 Å². The van der Waals surface area contributed by atoms with Crippen molar-refractivity contribution in [3.05, 3.63) is 42.0 Å². The van der Waals surface area contributed by atoms with Crippen LogP contribution in [0, 0.1) is 34.0 Å². The van der Waals surface area contributed by atoms with Crippen molar-refractivity contribution >= 4 is 24.3 Å². The van der Waals surface area contributed by atoms with E-state index in [0.717, 1.165) is 29.3 Å². The van der Waals surface area contributed by atoms with E-state index in [0.29, 0.717) is 18.4 Å². The van der Waals surface area contributed by atoms with Crippen molar-refractivity contribution in [3.63, 3.8) is 0 Å². The minimum absolute atomic E-state index is 0.0523. The molecule has 9 heteroatoms. The molecule has 2 aromatic carbocycles. The van der Waals surface area contributed by atoms with Gasteiger partial charge in [0.1, 0.15) is 0 Å². The molecule has 2 heterocycles. The van der Waals surface area contributed by atoms with Crippen LogP contribution in [0.15, 0.2) is 36.4 Å². The van der Waals surface area contributed by atoms with E-state index in [4.69, 9.17) is 24.1 Å². The molecule has 2 saturated heterocycles. The maximum Gasteiger partial charge on any atom is 0.475 e. The Balaban J connectivity index is 1.52. The Labute approximate surface area is 193 Å². The number of hydrogen-bond donors (Lipinski definition) is 0. The third kappa shape index (κ3) is 5.03. The van der Waals surface area contributed by atoms with Gasteiger partial charge in [-0.05, 0) is 37.8 Å². The molecule has 0 amide bonds. The van der Waals surface area contributed by atoms with Crippen LogP contribution < -0.4 is 4.90 Å². The standard InChI is InChI=1S/C24H25N4O4P/c25-11-3-13-30-33(29,31-14-4-12-26)32-21-15-19-8-9-20(16-21)28(19)24-10-7-18(17-27)22-5-1-2-6-23(22)24/h1-2,5-7,10,19-21H,3-4,8-9,13-16H2. The Morgan fingerprint density at radius 1 is 0.909 bits per heavy atom. The summed E-state index contributed by atoms with van der Waals surface area (Å²) in [6.07, 6.45) is 3.16. The molecular formula is C24H25N4O4P. The predicted molar refractivity (Wildman–Crippen MR) is 122 cm³/mol. The van der Waals surface area contributed by atoms with E-state index in [9.17, 15) is 9.83 Å². The molecule has 2 bridgehead atoms. The number of hydrogen-bond acceptors (Lipinski definition) is 8. The average molecular weight is 464 g/mol. The lowest BCUT2D eigenvalue weighted by molar-refractivity contribution is 0.0621. The summed E-state index contributed by atoms with van der Waals surface area (Å²) in [5, 5.41) is 29.0. The van der Waals surface area contributed by atoms with Crippen molar-refractivity contribution in [1.82, 2.24) is 0 Å². The zero-order valence-corrected chi connectivity index (χ0v) is 19.1. The number of fused-ring (bicyclic) bond motifs is 3. The van der Waals surface area contributed by atoms with Gasteiger partial charge in [-0.3, -0.25) is 13.6 Å². The van der Waals surface area contributed by atoms with Crippen molar-refractivity contribution in [2.24, 2.45) is 0 Å². The number of phosphoric acid groups is 1. The largest absolute Gasteiger partial charge is 0.475 e.